The maximum absolute atomic E-state index is 9.59. The molecule has 1 aliphatic carbocycles. The molecule has 0 saturated heterocycles. The van der Waals surface area contributed by atoms with Crippen LogP contribution in [0.2, 0.25) is 0 Å². The summed E-state index contributed by atoms with van der Waals surface area (Å²) in [4.78, 5) is 2.31. The van der Waals surface area contributed by atoms with Crippen LogP contribution in [0.4, 0.5) is 17.1 Å². The molecule has 9 aromatic rings. The Balaban J connectivity index is 1.12. The molecule has 0 saturated carbocycles. The SMILES string of the molecule is CC1(C)c2cc(-c3ccccc3)cc3ccc4cc(-c5ccc(N(c6ccc(C#N)cc6)c6ccc(-c7ccccc7)cc6)c6ccccc56)cc1c4c23. The van der Waals surface area contributed by atoms with Crippen molar-refractivity contribution in [2.24, 2.45) is 0 Å². The van der Waals surface area contributed by atoms with Gasteiger partial charge in [-0.15, -0.1) is 0 Å². The van der Waals surface area contributed by atoms with Crippen LogP contribution in [0.15, 0.2) is 182 Å². The highest BCUT2D eigenvalue weighted by Gasteiger charge is 2.35. The van der Waals surface area contributed by atoms with Crippen molar-refractivity contribution < 1.29 is 0 Å². The third kappa shape index (κ3) is 5.01. The summed E-state index contributed by atoms with van der Waals surface area (Å²) in [5.74, 6) is 0. The van der Waals surface area contributed by atoms with E-state index in [1.54, 1.807) is 0 Å². The molecule has 0 radical (unpaired) electrons. The number of nitrogens with zero attached hydrogens (tertiary/aromatic N) is 2. The van der Waals surface area contributed by atoms with Crippen LogP contribution in [0, 0.1) is 11.3 Å². The van der Waals surface area contributed by atoms with Crippen molar-refractivity contribution in [1.29, 1.82) is 5.26 Å². The molecule has 0 atom stereocenters. The summed E-state index contributed by atoms with van der Waals surface area (Å²) in [7, 11) is 0. The minimum Gasteiger partial charge on any atom is -0.310 e. The van der Waals surface area contributed by atoms with E-state index < -0.39 is 0 Å². The van der Waals surface area contributed by atoms with E-state index in [2.05, 4.69) is 176 Å². The van der Waals surface area contributed by atoms with E-state index in [0.29, 0.717) is 5.56 Å². The first-order valence-corrected chi connectivity index (χ1v) is 18.6. The Kier molecular flexibility index (Phi) is 7.25. The van der Waals surface area contributed by atoms with E-state index in [-0.39, 0.29) is 5.41 Å². The smallest absolute Gasteiger partial charge is 0.0991 e. The van der Waals surface area contributed by atoms with E-state index in [1.165, 1.54) is 71.4 Å². The summed E-state index contributed by atoms with van der Waals surface area (Å²) >= 11 is 0. The zero-order chi connectivity index (χ0) is 36.4. The molecule has 0 bridgehead atoms. The Morgan fingerprint density at radius 3 is 1.56 bits per heavy atom. The molecule has 1 aliphatic rings. The molecule has 254 valence electrons. The number of anilines is 3. The molecule has 54 heavy (non-hydrogen) atoms. The van der Waals surface area contributed by atoms with Gasteiger partial charge in [-0.3, -0.25) is 0 Å². The van der Waals surface area contributed by atoms with Gasteiger partial charge in [0.15, 0.2) is 0 Å². The summed E-state index contributed by atoms with van der Waals surface area (Å²) in [6, 6.07) is 67.7. The average molecular weight is 689 g/mol. The van der Waals surface area contributed by atoms with Gasteiger partial charge in [0.25, 0.3) is 0 Å². The molecule has 2 heteroatoms. The Labute approximate surface area is 315 Å². The summed E-state index contributed by atoms with van der Waals surface area (Å²) in [6.07, 6.45) is 0. The molecule has 0 unspecified atom stereocenters. The van der Waals surface area contributed by atoms with E-state index in [1.807, 2.05) is 30.3 Å². The van der Waals surface area contributed by atoms with Crippen molar-refractivity contribution in [2.75, 3.05) is 4.90 Å². The van der Waals surface area contributed by atoms with E-state index in [9.17, 15) is 5.26 Å². The van der Waals surface area contributed by atoms with Gasteiger partial charge >= 0.3 is 0 Å². The predicted molar refractivity (Wildman–Crippen MR) is 227 cm³/mol. The normalized spacial score (nSPS) is 12.8. The summed E-state index contributed by atoms with van der Waals surface area (Å²) < 4.78 is 0. The fraction of sp³-hybridized carbons (Fsp3) is 0.0577. The Morgan fingerprint density at radius 1 is 0.444 bits per heavy atom. The van der Waals surface area contributed by atoms with Crippen LogP contribution in [0.3, 0.4) is 0 Å². The molecule has 0 N–H and O–H groups in total. The quantitative estimate of drug-likeness (QED) is 0.163. The zero-order valence-corrected chi connectivity index (χ0v) is 30.2. The molecule has 2 nitrogen and oxygen atoms in total. The van der Waals surface area contributed by atoms with E-state index in [4.69, 9.17) is 0 Å². The molecular weight excluding hydrogens is 653 g/mol. The Morgan fingerprint density at radius 2 is 0.944 bits per heavy atom. The maximum atomic E-state index is 9.59. The van der Waals surface area contributed by atoms with Gasteiger partial charge in [0.05, 0.1) is 17.3 Å². The Hall–Kier alpha value is -6.95. The lowest BCUT2D eigenvalue weighted by atomic mass is 9.80. The minimum absolute atomic E-state index is 0.158. The number of fused-ring (bicyclic) bond motifs is 1. The van der Waals surface area contributed by atoms with Crippen LogP contribution >= 0.6 is 0 Å². The molecule has 9 aromatic carbocycles. The van der Waals surface area contributed by atoms with Crippen LogP contribution < -0.4 is 4.90 Å². The van der Waals surface area contributed by atoms with Gasteiger partial charge in [-0.1, -0.05) is 129 Å². The lowest BCUT2D eigenvalue weighted by molar-refractivity contribution is 0.663. The van der Waals surface area contributed by atoms with Gasteiger partial charge in [0.2, 0.25) is 0 Å². The van der Waals surface area contributed by atoms with Gasteiger partial charge in [-0.25, -0.2) is 0 Å². The topological polar surface area (TPSA) is 27.0 Å². The average Bonchev–Trinajstić information content (AvgIpc) is 3.47. The largest absolute Gasteiger partial charge is 0.310 e. The first kappa shape index (κ1) is 31.8. The highest BCUT2D eigenvalue weighted by molar-refractivity contribution is 6.17. The van der Waals surface area contributed by atoms with Crippen molar-refractivity contribution in [3.05, 3.63) is 199 Å². The lowest BCUT2D eigenvalue weighted by Gasteiger charge is -2.28. The molecule has 0 aromatic heterocycles. The second-order valence-electron chi connectivity index (χ2n) is 14.9. The second kappa shape index (κ2) is 12.3. The number of nitriles is 1. The molecule has 10 rings (SSSR count). The summed E-state index contributed by atoms with van der Waals surface area (Å²) in [5, 5.41) is 17.3. The third-order valence-corrected chi connectivity index (χ3v) is 11.4. The molecular formula is C52H36N2. The second-order valence-corrected chi connectivity index (χ2v) is 14.9. The highest BCUT2D eigenvalue weighted by atomic mass is 15.1. The molecule has 0 heterocycles. The standard InChI is InChI=1S/C52H36N2/c1-52(2)47-31-40(36-13-7-4-8-14-36)29-38-19-20-39-30-41(32-48(52)51(39)50(38)47)44-27-28-49(46-16-10-9-15-45(44)46)54(42-23-17-34(33-53)18-24-42)43-25-21-37(22-26-43)35-11-5-3-6-12-35/h3-32H,1-2H3. The fourth-order valence-corrected chi connectivity index (χ4v) is 8.69. The van der Waals surface area contributed by atoms with Gasteiger partial charge in [0.1, 0.15) is 0 Å². The van der Waals surface area contributed by atoms with Crippen LogP contribution in [-0.2, 0) is 5.41 Å². The van der Waals surface area contributed by atoms with Crippen LogP contribution in [0.5, 0.6) is 0 Å². The van der Waals surface area contributed by atoms with Crippen LogP contribution in [0.1, 0.15) is 30.5 Å². The van der Waals surface area contributed by atoms with Gasteiger partial charge in [0, 0.05) is 22.2 Å². The van der Waals surface area contributed by atoms with E-state index in [0.717, 1.165) is 22.4 Å². The van der Waals surface area contributed by atoms with Crippen LogP contribution in [-0.4, -0.2) is 0 Å². The number of rotatable bonds is 6. The molecule has 0 aliphatic heterocycles. The molecule has 0 spiro atoms. The first-order chi connectivity index (χ1) is 26.5. The van der Waals surface area contributed by atoms with Crippen LogP contribution in [0.25, 0.3) is 65.7 Å². The maximum Gasteiger partial charge on any atom is 0.0991 e. The van der Waals surface area contributed by atoms with Gasteiger partial charge < -0.3 is 4.90 Å². The monoisotopic (exact) mass is 688 g/mol. The molecule has 0 amide bonds. The zero-order valence-electron chi connectivity index (χ0n) is 30.2. The van der Waals surface area contributed by atoms with Crippen molar-refractivity contribution in [2.45, 2.75) is 19.3 Å². The highest BCUT2D eigenvalue weighted by Crippen LogP contribution is 2.52. The van der Waals surface area contributed by atoms with Gasteiger partial charge in [-0.2, -0.15) is 5.26 Å². The first-order valence-electron chi connectivity index (χ1n) is 18.6. The van der Waals surface area contributed by atoms with E-state index >= 15 is 0 Å². The van der Waals surface area contributed by atoms with Crippen molar-refractivity contribution in [1.82, 2.24) is 0 Å². The predicted octanol–water partition coefficient (Wildman–Crippen LogP) is 14.1. The number of benzene rings is 9. The van der Waals surface area contributed by atoms with Crippen molar-refractivity contribution in [3.63, 3.8) is 0 Å². The minimum atomic E-state index is -0.158. The summed E-state index contributed by atoms with van der Waals surface area (Å²) in [5.41, 5.74) is 13.7. The van der Waals surface area contributed by atoms with Gasteiger partial charge in [-0.05, 0) is 138 Å². The Bertz CT molecular complexity index is 2930. The fourth-order valence-electron chi connectivity index (χ4n) is 8.69. The lowest BCUT2D eigenvalue weighted by Crippen LogP contribution is -2.15. The summed E-state index contributed by atoms with van der Waals surface area (Å²) in [6.45, 7) is 4.77. The van der Waals surface area contributed by atoms with Crippen molar-refractivity contribution in [3.8, 4) is 39.4 Å². The third-order valence-electron chi connectivity index (χ3n) is 11.4. The number of hydrogen-bond donors (Lipinski definition) is 0. The molecule has 0 fully saturated rings. The van der Waals surface area contributed by atoms with Crippen molar-refractivity contribution >= 4 is 49.4 Å². The number of hydrogen-bond acceptors (Lipinski definition) is 2.